The molecule has 0 aromatic heterocycles. The fraction of sp³-hybridized carbons (Fsp3) is 1.00. The highest BCUT2D eigenvalue weighted by Gasteiger charge is 2.65. The summed E-state index contributed by atoms with van der Waals surface area (Å²) in [7, 11) is 0. The molecule has 1 spiro atoms. The lowest BCUT2D eigenvalue weighted by Crippen LogP contribution is -2.54. The summed E-state index contributed by atoms with van der Waals surface area (Å²) in [6, 6.07) is 0. The van der Waals surface area contributed by atoms with Crippen LogP contribution in [0.4, 0.5) is 0 Å². The summed E-state index contributed by atoms with van der Waals surface area (Å²) in [6.07, 6.45) is 6.09. The molecule has 0 heterocycles. The third-order valence-electron chi connectivity index (χ3n) is 6.60. The summed E-state index contributed by atoms with van der Waals surface area (Å²) in [4.78, 5) is 0. The second-order valence-electron chi connectivity index (χ2n) is 6.98. The molecule has 7 unspecified atom stereocenters. The molecule has 86 valence electrons. The molecule has 0 bridgehead atoms. The summed E-state index contributed by atoms with van der Waals surface area (Å²) in [6.45, 7) is 9.96. The Bertz CT molecular complexity index is 269. The van der Waals surface area contributed by atoms with Crippen LogP contribution < -0.4 is 0 Å². The molecule has 0 N–H and O–H groups in total. The van der Waals surface area contributed by atoms with Gasteiger partial charge in [-0.05, 0) is 60.2 Å². The fourth-order valence-electron chi connectivity index (χ4n) is 5.78. The van der Waals surface area contributed by atoms with E-state index in [0.29, 0.717) is 0 Å². The molecule has 3 rings (SSSR count). The van der Waals surface area contributed by atoms with Crippen molar-refractivity contribution in [3.63, 3.8) is 0 Å². The first-order valence-corrected chi connectivity index (χ1v) is 7.10. The Morgan fingerprint density at radius 1 is 1.07 bits per heavy atom. The molecule has 7 atom stereocenters. The van der Waals surface area contributed by atoms with Gasteiger partial charge in [0.2, 0.25) is 0 Å². The lowest BCUT2D eigenvalue weighted by Gasteiger charge is -2.60. The first-order chi connectivity index (χ1) is 7.10. The van der Waals surface area contributed by atoms with Gasteiger partial charge in [0.05, 0.1) is 0 Å². The minimum atomic E-state index is 0.808. The molecule has 0 heteroatoms. The molecule has 3 aliphatic rings. The highest BCUT2D eigenvalue weighted by atomic mass is 14.7. The van der Waals surface area contributed by atoms with Crippen molar-refractivity contribution in [2.45, 2.75) is 53.4 Å². The highest BCUT2D eigenvalue weighted by molar-refractivity contribution is 5.14. The van der Waals surface area contributed by atoms with E-state index in [1.54, 1.807) is 12.8 Å². The predicted octanol–water partition coefficient (Wildman–Crippen LogP) is 4.35. The molecule has 3 fully saturated rings. The van der Waals surface area contributed by atoms with Gasteiger partial charge in [-0.25, -0.2) is 0 Å². The van der Waals surface area contributed by atoms with E-state index >= 15 is 0 Å². The van der Waals surface area contributed by atoms with E-state index in [-0.39, 0.29) is 0 Å². The van der Waals surface area contributed by atoms with E-state index in [9.17, 15) is 0 Å². The van der Waals surface area contributed by atoms with Gasteiger partial charge in [-0.15, -0.1) is 0 Å². The number of hydrogen-bond acceptors (Lipinski definition) is 0. The number of fused-ring (bicyclic) bond motifs is 2. The molecule has 0 saturated heterocycles. The van der Waals surface area contributed by atoms with Gasteiger partial charge in [-0.3, -0.25) is 0 Å². The Kier molecular flexibility index (Phi) is 2.05. The van der Waals surface area contributed by atoms with E-state index in [4.69, 9.17) is 0 Å². The zero-order valence-electron chi connectivity index (χ0n) is 10.8. The number of hydrogen-bond donors (Lipinski definition) is 0. The Morgan fingerprint density at radius 2 is 1.80 bits per heavy atom. The van der Waals surface area contributed by atoms with Crippen LogP contribution in [0.2, 0.25) is 0 Å². The molecule has 3 saturated carbocycles. The third kappa shape index (κ3) is 1.04. The van der Waals surface area contributed by atoms with E-state index in [1.807, 2.05) is 0 Å². The van der Waals surface area contributed by atoms with E-state index in [2.05, 4.69) is 27.7 Å². The normalized spacial score (nSPS) is 62.4. The lowest BCUT2D eigenvalue weighted by atomic mass is 9.44. The van der Waals surface area contributed by atoms with Crippen molar-refractivity contribution in [2.24, 2.45) is 40.9 Å². The maximum absolute atomic E-state index is 2.55. The van der Waals surface area contributed by atoms with E-state index in [0.717, 1.165) is 40.9 Å². The van der Waals surface area contributed by atoms with Crippen LogP contribution in [0.15, 0.2) is 0 Å². The monoisotopic (exact) mass is 206 g/mol. The average molecular weight is 206 g/mol. The van der Waals surface area contributed by atoms with Gasteiger partial charge in [0.1, 0.15) is 0 Å². The maximum Gasteiger partial charge on any atom is -0.0230 e. The molecule has 0 aromatic rings. The molecular formula is C15H26. The van der Waals surface area contributed by atoms with Gasteiger partial charge >= 0.3 is 0 Å². The van der Waals surface area contributed by atoms with Crippen LogP contribution in [0.25, 0.3) is 0 Å². The second-order valence-corrected chi connectivity index (χ2v) is 6.98. The Labute approximate surface area is 94.8 Å². The van der Waals surface area contributed by atoms with Crippen LogP contribution in [0.1, 0.15) is 53.4 Å². The van der Waals surface area contributed by atoms with Crippen LogP contribution in [0.5, 0.6) is 0 Å². The van der Waals surface area contributed by atoms with Gasteiger partial charge in [0.25, 0.3) is 0 Å². The van der Waals surface area contributed by atoms with Gasteiger partial charge in [0.15, 0.2) is 0 Å². The molecule has 0 aromatic carbocycles. The minimum Gasteiger partial charge on any atom is -0.0651 e. The quantitative estimate of drug-likeness (QED) is 0.598. The second kappa shape index (κ2) is 3.02. The number of rotatable bonds is 1. The third-order valence-corrected chi connectivity index (χ3v) is 6.60. The summed E-state index contributed by atoms with van der Waals surface area (Å²) < 4.78 is 0. The topological polar surface area (TPSA) is 0 Å². The summed E-state index contributed by atoms with van der Waals surface area (Å²) >= 11 is 0. The maximum atomic E-state index is 2.55. The van der Waals surface area contributed by atoms with Crippen molar-refractivity contribution in [1.29, 1.82) is 0 Å². The fourth-order valence-corrected chi connectivity index (χ4v) is 5.78. The molecule has 0 amide bonds. The summed E-state index contributed by atoms with van der Waals surface area (Å²) in [5.74, 6) is 6.39. The van der Waals surface area contributed by atoms with Crippen molar-refractivity contribution < 1.29 is 0 Å². The standard InChI is InChI=1S/C15H26/c1-5-12-8-15(11(12)4)7-10(3)13-6-9(2)14(13)15/h9-14H,5-8H2,1-4H3. The van der Waals surface area contributed by atoms with Crippen LogP contribution in [-0.2, 0) is 0 Å². The molecule has 15 heavy (non-hydrogen) atoms. The van der Waals surface area contributed by atoms with Crippen molar-refractivity contribution in [3.05, 3.63) is 0 Å². The van der Waals surface area contributed by atoms with E-state index in [1.165, 1.54) is 12.8 Å². The van der Waals surface area contributed by atoms with Crippen molar-refractivity contribution in [1.82, 2.24) is 0 Å². The largest absolute Gasteiger partial charge is 0.0651 e. The van der Waals surface area contributed by atoms with Crippen LogP contribution in [-0.4, -0.2) is 0 Å². The Balaban J connectivity index is 1.83. The van der Waals surface area contributed by atoms with Gasteiger partial charge in [-0.2, -0.15) is 0 Å². The van der Waals surface area contributed by atoms with Crippen molar-refractivity contribution in [3.8, 4) is 0 Å². The molecule has 3 aliphatic carbocycles. The zero-order chi connectivity index (χ0) is 10.8. The first-order valence-electron chi connectivity index (χ1n) is 7.10. The molecule has 0 aliphatic heterocycles. The molecule has 0 nitrogen and oxygen atoms in total. The van der Waals surface area contributed by atoms with Crippen LogP contribution in [0.3, 0.4) is 0 Å². The lowest BCUT2D eigenvalue weighted by molar-refractivity contribution is -0.121. The van der Waals surface area contributed by atoms with Gasteiger partial charge in [0, 0.05) is 0 Å². The molecule has 0 radical (unpaired) electrons. The molecular weight excluding hydrogens is 180 g/mol. The van der Waals surface area contributed by atoms with Gasteiger partial charge in [-0.1, -0.05) is 34.1 Å². The zero-order valence-corrected chi connectivity index (χ0v) is 10.8. The highest BCUT2D eigenvalue weighted by Crippen LogP contribution is 2.73. The van der Waals surface area contributed by atoms with Gasteiger partial charge < -0.3 is 0 Å². The van der Waals surface area contributed by atoms with Crippen LogP contribution >= 0.6 is 0 Å². The average Bonchev–Trinajstić information content (AvgIpc) is 2.44. The van der Waals surface area contributed by atoms with Crippen LogP contribution in [0, 0.1) is 40.9 Å². The predicted molar refractivity (Wildman–Crippen MR) is 64.5 cm³/mol. The Morgan fingerprint density at radius 3 is 2.33 bits per heavy atom. The van der Waals surface area contributed by atoms with E-state index < -0.39 is 0 Å². The summed E-state index contributed by atoms with van der Waals surface area (Å²) in [5, 5.41) is 0. The van der Waals surface area contributed by atoms with Crippen molar-refractivity contribution in [2.75, 3.05) is 0 Å². The van der Waals surface area contributed by atoms with Crippen molar-refractivity contribution >= 4 is 0 Å². The summed E-state index contributed by atoms with van der Waals surface area (Å²) in [5.41, 5.74) is 0.808. The smallest absolute Gasteiger partial charge is 0.0230 e. The SMILES string of the molecule is CCC1CC2(CC(C)C3CC(C)C32)C1C. The minimum absolute atomic E-state index is 0.808. The Hall–Kier alpha value is 0. The first kappa shape index (κ1) is 10.2.